The number of rotatable bonds is 3. The van der Waals surface area contributed by atoms with Crippen molar-refractivity contribution in [3.8, 4) is 5.69 Å². The lowest BCUT2D eigenvalue weighted by molar-refractivity contribution is -0.141. The minimum Gasteiger partial charge on any atom is -0.313 e. The Balaban J connectivity index is 2.36. The van der Waals surface area contributed by atoms with Gasteiger partial charge in [-0.3, -0.25) is 0 Å². The van der Waals surface area contributed by atoms with Gasteiger partial charge in [0.15, 0.2) is 5.69 Å². The highest BCUT2D eigenvalue weighted by Crippen LogP contribution is 2.29. The summed E-state index contributed by atoms with van der Waals surface area (Å²) in [4.78, 5) is 0. The summed E-state index contributed by atoms with van der Waals surface area (Å²) < 4.78 is 38.7. The van der Waals surface area contributed by atoms with Crippen LogP contribution in [0.3, 0.4) is 0 Å². The molecule has 0 fully saturated rings. The molecule has 20 heavy (non-hydrogen) atoms. The third-order valence-electron chi connectivity index (χ3n) is 3.03. The fourth-order valence-corrected chi connectivity index (χ4v) is 2.03. The number of hydrogen-bond acceptors (Lipinski definition) is 2. The number of aromatic nitrogens is 2. The van der Waals surface area contributed by atoms with Crippen molar-refractivity contribution >= 4 is 11.6 Å². The van der Waals surface area contributed by atoms with E-state index in [4.69, 9.17) is 11.6 Å². The highest BCUT2D eigenvalue weighted by Gasteiger charge is 2.33. The molecule has 0 aliphatic heterocycles. The zero-order valence-corrected chi connectivity index (χ0v) is 11.6. The topological polar surface area (TPSA) is 29.9 Å². The molecule has 1 aromatic heterocycles. The van der Waals surface area contributed by atoms with Crippen LogP contribution in [-0.4, -0.2) is 16.8 Å². The number of alkyl halides is 3. The van der Waals surface area contributed by atoms with Gasteiger partial charge in [-0.25, -0.2) is 4.68 Å². The van der Waals surface area contributed by atoms with Crippen molar-refractivity contribution < 1.29 is 13.2 Å². The van der Waals surface area contributed by atoms with E-state index in [9.17, 15) is 13.2 Å². The Bertz CT molecular complexity index is 607. The zero-order valence-electron chi connectivity index (χ0n) is 10.9. The van der Waals surface area contributed by atoms with E-state index in [1.54, 1.807) is 18.2 Å². The third kappa shape index (κ3) is 2.96. The van der Waals surface area contributed by atoms with E-state index < -0.39 is 11.9 Å². The Morgan fingerprint density at radius 3 is 2.50 bits per heavy atom. The highest BCUT2D eigenvalue weighted by atomic mass is 35.5. The second-order valence-electron chi connectivity index (χ2n) is 4.36. The van der Waals surface area contributed by atoms with Gasteiger partial charge in [0.25, 0.3) is 0 Å². The fourth-order valence-electron chi connectivity index (χ4n) is 1.75. The molecule has 0 bridgehead atoms. The second-order valence-corrected chi connectivity index (χ2v) is 4.77. The van der Waals surface area contributed by atoms with Crippen molar-refractivity contribution in [2.24, 2.45) is 0 Å². The van der Waals surface area contributed by atoms with Crippen molar-refractivity contribution in [2.75, 3.05) is 7.05 Å². The number of nitrogens with one attached hydrogen (secondary N) is 1. The van der Waals surface area contributed by atoms with E-state index in [-0.39, 0.29) is 6.04 Å². The van der Waals surface area contributed by atoms with Crippen LogP contribution >= 0.6 is 11.6 Å². The van der Waals surface area contributed by atoms with Gasteiger partial charge < -0.3 is 5.32 Å². The molecule has 0 saturated heterocycles. The number of hydrogen-bond donors (Lipinski definition) is 1. The third-order valence-corrected chi connectivity index (χ3v) is 3.33. The molecular formula is C13H13ClF3N3. The Labute approximate surface area is 119 Å². The monoisotopic (exact) mass is 303 g/mol. The van der Waals surface area contributed by atoms with Gasteiger partial charge in [0.05, 0.1) is 10.7 Å². The van der Waals surface area contributed by atoms with Gasteiger partial charge in [-0.1, -0.05) is 17.7 Å². The largest absolute Gasteiger partial charge is 0.435 e. The van der Waals surface area contributed by atoms with Gasteiger partial charge in [0.1, 0.15) is 0 Å². The summed E-state index contributed by atoms with van der Waals surface area (Å²) in [6.45, 7) is 1.96. The first-order valence-electron chi connectivity index (χ1n) is 5.93. The average molecular weight is 304 g/mol. The van der Waals surface area contributed by atoms with E-state index in [0.717, 1.165) is 16.3 Å². The first-order chi connectivity index (χ1) is 9.32. The van der Waals surface area contributed by atoms with Crippen LogP contribution in [0, 0.1) is 0 Å². The molecule has 1 N–H and O–H groups in total. The standard InChI is InChI=1S/C13H13ClF3N3/c1-8(18-2)9-3-4-11(10(14)7-9)20-6-5-12(19-20)13(15,16)17/h3-8,18H,1-2H3. The summed E-state index contributed by atoms with van der Waals surface area (Å²) in [6.07, 6.45) is -3.22. The summed E-state index contributed by atoms with van der Waals surface area (Å²) in [5, 5.41) is 6.91. The van der Waals surface area contributed by atoms with Crippen molar-refractivity contribution in [1.82, 2.24) is 15.1 Å². The van der Waals surface area contributed by atoms with Crippen molar-refractivity contribution in [2.45, 2.75) is 19.1 Å². The SMILES string of the molecule is CNC(C)c1ccc(-n2ccc(C(F)(F)F)n2)c(Cl)c1. The molecule has 0 spiro atoms. The van der Waals surface area contributed by atoms with Crippen molar-refractivity contribution in [1.29, 1.82) is 0 Å². The maximum Gasteiger partial charge on any atom is 0.435 e. The lowest BCUT2D eigenvalue weighted by Gasteiger charge is -2.13. The van der Waals surface area contributed by atoms with Crippen molar-refractivity contribution in [3.05, 3.63) is 46.7 Å². The Morgan fingerprint density at radius 2 is 2.00 bits per heavy atom. The Kier molecular flexibility index (Phi) is 4.06. The molecule has 1 atom stereocenters. The molecular weight excluding hydrogens is 291 g/mol. The van der Waals surface area contributed by atoms with Gasteiger partial charge >= 0.3 is 6.18 Å². The normalized spacial score (nSPS) is 13.5. The Morgan fingerprint density at radius 1 is 1.30 bits per heavy atom. The van der Waals surface area contributed by atoms with Gasteiger partial charge in [-0.15, -0.1) is 0 Å². The van der Waals surface area contributed by atoms with E-state index in [2.05, 4.69) is 10.4 Å². The quantitative estimate of drug-likeness (QED) is 0.934. The molecule has 1 unspecified atom stereocenters. The molecule has 7 heteroatoms. The van der Waals surface area contributed by atoms with E-state index in [1.165, 1.54) is 6.20 Å². The van der Waals surface area contributed by atoms with Gasteiger partial charge in [-0.2, -0.15) is 18.3 Å². The molecule has 0 radical (unpaired) electrons. The maximum atomic E-state index is 12.5. The minimum absolute atomic E-state index is 0.102. The van der Waals surface area contributed by atoms with E-state index in [1.807, 2.05) is 14.0 Å². The van der Waals surface area contributed by atoms with Gasteiger partial charge in [0, 0.05) is 12.2 Å². The van der Waals surface area contributed by atoms with Crippen LogP contribution in [0.15, 0.2) is 30.5 Å². The van der Waals surface area contributed by atoms with Crippen LogP contribution < -0.4 is 5.32 Å². The zero-order chi connectivity index (χ0) is 14.9. The van der Waals surface area contributed by atoms with Crippen molar-refractivity contribution in [3.63, 3.8) is 0 Å². The molecule has 0 amide bonds. The first-order valence-corrected chi connectivity index (χ1v) is 6.30. The molecule has 3 nitrogen and oxygen atoms in total. The lowest BCUT2D eigenvalue weighted by Crippen LogP contribution is -2.12. The molecule has 0 aliphatic rings. The average Bonchev–Trinajstić information content (AvgIpc) is 2.87. The molecule has 2 rings (SSSR count). The summed E-state index contributed by atoms with van der Waals surface area (Å²) in [5.74, 6) is 0. The summed E-state index contributed by atoms with van der Waals surface area (Å²) in [5.41, 5.74) is 0.417. The molecule has 0 aliphatic carbocycles. The Hall–Kier alpha value is -1.53. The van der Waals surface area contributed by atoms with Crippen LogP contribution in [0.2, 0.25) is 5.02 Å². The van der Waals surface area contributed by atoms with Crippen LogP contribution in [0.25, 0.3) is 5.69 Å². The number of nitrogens with zero attached hydrogens (tertiary/aromatic N) is 2. The van der Waals surface area contributed by atoms with Gasteiger partial charge in [0.2, 0.25) is 0 Å². The van der Waals surface area contributed by atoms with Crippen LogP contribution in [0.1, 0.15) is 24.2 Å². The maximum absolute atomic E-state index is 12.5. The lowest BCUT2D eigenvalue weighted by atomic mass is 10.1. The highest BCUT2D eigenvalue weighted by molar-refractivity contribution is 6.32. The summed E-state index contributed by atoms with van der Waals surface area (Å²) in [6, 6.07) is 6.19. The summed E-state index contributed by atoms with van der Waals surface area (Å²) >= 11 is 6.12. The smallest absolute Gasteiger partial charge is 0.313 e. The molecule has 1 aromatic carbocycles. The van der Waals surface area contributed by atoms with Crippen LogP contribution in [0.4, 0.5) is 13.2 Å². The molecule has 0 saturated carbocycles. The molecule has 1 heterocycles. The molecule has 2 aromatic rings. The minimum atomic E-state index is -4.46. The van der Waals surface area contributed by atoms with Crippen LogP contribution in [-0.2, 0) is 6.18 Å². The van der Waals surface area contributed by atoms with Gasteiger partial charge in [-0.05, 0) is 37.7 Å². The first kappa shape index (κ1) is 14.9. The van der Waals surface area contributed by atoms with E-state index >= 15 is 0 Å². The number of halogens is 4. The summed E-state index contributed by atoms with van der Waals surface area (Å²) in [7, 11) is 1.82. The van der Waals surface area contributed by atoms with E-state index in [0.29, 0.717) is 10.7 Å². The fraction of sp³-hybridized carbons (Fsp3) is 0.308. The second kappa shape index (κ2) is 5.46. The predicted octanol–water partition coefficient (Wildman–Crippen LogP) is 3.82. The van der Waals surface area contributed by atoms with Crippen LogP contribution in [0.5, 0.6) is 0 Å². The number of benzene rings is 1. The molecule has 108 valence electrons. The predicted molar refractivity (Wildman–Crippen MR) is 71.1 cm³/mol.